The third-order valence-corrected chi connectivity index (χ3v) is 4.53. The summed E-state index contributed by atoms with van der Waals surface area (Å²) >= 11 is 3.46. The lowest BCUT2D eigenvalue weighted by molar-refractivity contribution is 0.525. The quantitative estimate of drug-likeness (QED) is 0.658. The highest BCUT2D eigenvalue weighted by Crippen LogP contribution is 2.27. The van der Waals surface area contributed by atoms with Crippen LogP contribution >= 0.6 is 15.9 Å². The van der Waals surface area contributed by atoms with Gasteiger partial charge in [0.05, 0.1) is 5.69 Å². The highest BCUT2D eigenvalue weighted by Gasteiger charge is 2.19. The summed E-state index contributed by atoms with van der Waals surface area (Å²) in [6.45, 7) is 3.98. The number of hydrogen-bond donors (Lipinski definition) is 1. The highest BCUT2D eigenvalue weighted by atomic mass is 79.9. The van der Waals surface area contributed by atoms with E-state index in [-0.39, 0.29) is 0 Å². The molecule has 1 N–H and O–H groups in total. The number of amidine groups is 1. The lowest BCUT2D eigenvalue weighted by Gasteiger charge is -2.06. The third kappa shape index (κ3) is 3.15. The van der Waals surface area contributed by atoms with E-state index in [1.807, 2.05) is 49.4 Å². The van der Waals surface area contributed by atoms with Crippen LogP contribution in [0.15, 0.2) is 73.6 Å². The van der Waals surface area contributed by atoms with Crippen LogP contribution in [-0.2, 0) is 0 Å². The van der Waals surface area contributed by atoms with Gasteiger partial charge < -0.3 is 4.42 Å². The number of hydrazone groups is 1. The van der Waals surface area contributed by atoms with Crippen LogP contribution in [-0.4, -0.2) is 11.5 Å². The largest absolute Gasteiger partial charge is 0.460 e. The summed E-state index contributed by atoms with van der Waals surface area (Å²) < 4.78 is 6.83. The van der Waals surface area contributed by atoms with Crippen molar-refractivity contribution in [2.24, 2.45) is 10.1 Å². The Morgan fingerprint density at radius 2 is 1.76 bits per heavy atom. The summed E-state index contributed by atoms with van der Waals surface area (Å²) in [6.07, 6.45) is 0. The summed E-state index contributed by atoms with van der Waals surface area (Å²) in [6, 6.07) is 18.0. The van der Waals surface area contributed by atoms with Gasteiger partial charge in [0, 0.05) is 15.6 Å². The Labute approximate surface area is 154 Å². The number of nitrogens with zero attached hydrogens (tertiary/aromatic N) is 2. The van der Waals surface area contributed by atoms with Crippen molar-refractivity contribution in [2.75, 3.05) is 0 Å². The van der Waals surface area contributed by atoms with Crippen LogP contribution in [0.1, 0.15) is 28.2 Å². The molecule has 4 rings (SSSR count). The fraction of sp³-hybridized carbons (Fsp3) is 0.100. The molecule has 1 aliphatic rings. The maximum absolute atomic E-state index is 5.80. The first-order valence-electron chi connectivity index (χ1n) is 7.96. The van der Waals surface area contributed by atoms with E-state index in [1.165, 1.54) is 0 Å². The molecule has 1 aliphatic heterocycles. The van der Waals surface area contributed by atoms with Crippen molar-refractivity contribution in [3.8, 4) is 0 Å². The molecule has 0 fully saturated rings. The average molecular weight is 394 g/mol. The first-order valence-corrected chi connectivity index (χ1v) is 8.75. The van der Waals surface area contributed by atoms with Gasteiger partial charge >= 0.3 is 0 Å². The minimum Gasteiger partial charge on any atom is -0.460 e. The topological polar surface area (TPSA) is 49.9 Å². The van der Waals surface area contributed by atoms with Crippen molar-refractivity contribution >= 4 is 33.2 Å². The first kappa shape index (κ1) is 15.8. The van der Waals surface area contributed by atoms with Crippen LogP contribution in [0, 0.1) is 13.8 Å². The van der Waals surface area contributed by atoms with Gasteiger partial charge in [-0.1, -0.05) is 39.7 Å². The normalized spacial score (nSPS) is 13.4. The second-order valence-electron chi connectivity index (χ2n) is 5.97. The van der Waals surface area contributed by atoms with E-state index in [2.05, 4.69) is 45.5 Å². The van der Waals surface area contributed by atoms with Crippen molar-refractivity contribution in [3.63, 3.8) is 0 Å². The number of aliphatic imine (C=N–C) groups is 1. The van der Waals surface area contributed by atoms with Gasteiger partial charge in [-0.25, -0.2) is 4.99 Å². The van der Waals surface area contributed by atoms with Crippen molar-refractivity contribution in [2.45, 2.75) is 13.8 Å². The van der Waals surface area contributed by atoms with E-state index < -0.39 is 0 Å². The molecule has 124 valence electrons. The summed E-state index contributed by atoms with van der Waals surface area (Å²) in [7, 11) is 0. The van der Waals surface area contributed by atoms with E-state index in [4.69, 9.17) is 9.41 Å². The Hall–Kier alpha value is -2.66. The van der Waals surface area contributed by atoms with Crippen molar-refractivity contribution in [1.29, 1.82) is 0 Å². The molecule has 25 heavy (non-hydrogen) atoms. The summed E-state index contributed by atoms with van der Waals surface area (Å²) in [5, 5.41) is 4.60. The van der Waals surface area contributed by atoms with E-state index in [9.17, 15) is 0 Å². The molecule has 3 aromatic rings. The molecule has 0 saturated carbocycles. The average Bonchev–Trinajstić information content (AvgIpc) is 2.93. The third-order valence-electron chi connectivity index (χ3n) is 4.00. The van der Waals surface area contributed by atoms with Crippen LogP contribution in [0.3, 0.4) is 0 Å². The molecule has 2 aromatic carbocycles. The Balaban J connectivity index is 1.86. The van der Waals surface area contributed by atoms with Crippen LogP contribution in [0.25, 0.3) is 0 Å². The maximum Gasteiger partial charge on any atom is 0.155 e. The first-order chi connectivity index (χ1) is 12.1. The summed E-state index contributed by atoms with van der Waals surface area (Å²) in [5.74, 6) is 2.28. The molecule has 0 spiro atoms. The van der Waals surface area contributed by atoms with Crippen molar-refractivity contribution in [1.82, 2.24) is 5.43 Å². The zero-order valence-electron chi connectivity index (χ0n) is 13.9. The van der Waals surface area contributed by atoms with Gasteiger partial charge in [0.25, 0.3) is 0 Å². The minimum atomic E-state index is 0.705. The standard InChI is InChI=1S/C20H16BrN3O/c1-12-3-9-17-16(11-12)19(18-10-4-13(2)25-18)23-24-20(22-17)14-5-7-15(21)8-6-14/h3-11H,1-2H3,(H,22,24). The van der Waals surface area contributed by atoms with E-state index in [0.717, 1.165) is 44.1 Å². The van der Waals surface area contributed by atoms with Gasteiger partial charge in [0.15, 0.2) is 11.6 Å². The molecule has 5 heteroatoms. The Kier molecular flexibility index (Phi) is 4.01. The summed E-state index contributed by atoms with van der Waals surface area (Å²) in [5.41, 5.74) is 7.79. The number of halogens is 1. The Morgan fingerprint density at radius 3 is 2.48 bits per heavy atom. The summed E-state index contributed by atoms with van der Waals surface area (Å²) in [4.78, 5) is 4.80. The van der Waals surface area contributed by atoms with Crippen molar-refractivity contribution < 1.29 is 4.42 Å². The van der Waals surface area contributed by atoms with Crippen LogP contribution < -0.4 is 5.43 Å². The van der Waals surface area contributed by atoms with Gasteiger partial charge in [-0.2, -0.15) is 5.10 Å². The molecule has 0 radical (unpaired) electrons. The predicted octanol–water partition coefficient (Wildman–Crippen LogP) is 5.09. The van der Waals surface area contributed by atoms with Crippen LogP contribution in [0.5, 0.6) is 0 Å². The fourth-order valence-electron chi connectivity index (χ4n) is 2.74. The fourth-order valence-corrected chi connectivity index (χ4v) is 3.00. The molecule has 1 aromatic heterocycles. The Morgan fingerprint density at radius 1 is 0.960 bits per heavy atom. The monoisotopic (exact) mass is 393 g/mol. The number of fused-ring (bicyclic) bond motifs is 1. The minimum absolute atomic E-state index is 0.705. The number of hydrogen-bond acceptors (Lipinski definition) is 4. The van der Waals surface area contributed by atoms with Gasteiger partial charge in [-0.3, -0.25) is 5.43 Å². The van der Waals surface area contributed by atoms with Crippen molar-refractivity contribution in [3.05, 3.63) is 87.3 Å². The number of benzene rings is 2. The Bertz CT molecular complexity index is 1000. The molecule has 2 heterocycles. The van der Waals surface area contributed by atoms with Crippen LogP contribution in [0.2, 0.25) is 0 Å². The lowest BCUT2D eigenvalue weighted by atomic mass is 10.0. The lowest BCUT2D eigenvalue weighted by Crippen LogP contribution is -2.19. The molecule has 4 nitrogen and oxygen atoms in total. The second kappa shape index (κ2) is 6.33. The predicted molar refractivity (Wildman–Crippen MR) is 104 cm³/mol. The number of nitrogens with one attached hydrogen (secondary N) is 1. The van der Waals surface area contributed by atoms with Gasteiger partial charge in [-0.15, -0.1) is 0 Å². The molecule has 0 bridgehead atoms. The number of rotatable bonds is 2. The van der Waals surface area contributed by atoms with E-state index in [1.54, 1.807) is 0 Å². The molecule has 0 amide bonds. The van der Waals surface area contributed by atoms with Gasteiger partial charge in [0.1, 0.15) is 11.5 Å². The molecule has 0 unspecified atom stereocenters. The molecular formula is C20H16BrN3O. The van der Waals surface area contributed by atoms with Gasteiger partial charge in [-0.05, 0) is 50.2 Å². The smallest absolute Gasteiger partial charge is 0.155 e. The zero-order valence-corrected chi connectivity index (χ0v) is 15.5. The number of furan rings is 1. The maximum atomic E-state index is 5.80. The number of aryl methyl sites for hydroxylation is 2. The van der Waals surface area contributed by atoms with E-state index in [0.29, 0.717) is 5.84 Å². The SMILES string of the molecule is Cc1ccc2c(c1)C(c1ccc(C)o1)=NNC(c1ccc(Br)cc1)=N2. The second-order valence-corrected chi connectivity index (χ2v) is 6.89. The molecule has 0 atom stereocenters. The molecule has 0 saturated heterocycles. The molecular weight excluding hydrogens is 378 g/mol. The zero-order chi connectivity index (χ0) is 17.4. The van der Waals surface area contributed by atoms with Crippen LogP contribution in [0.4, 0.5) is 5.69 Å². The molecule has 0 aliphatic carbocycles. The van der Waals surface area contributed by atoms with Gasteiger partial charge in [0.2, 0.25) is 0 Å². The van der Waals surface area contributed by atoms with E-state index >= 15 is 0 Å². The highest BCUT2D eigenvalue weighted by molar-refractivity contribution is 9.10.